The summed E-state index contributed by atoms with van der Waals surface area (Å²) in [5.74, 6) is 0. The fourth-order valence-electron chi connectivity index (χ4n) is 0.534. The van der Waals surface area contributed by atoms with E-state index in [0.717, 1.165) is 5.56 Å². The van der Waals surface area contributed by atoms with Crippen molar-refractivity contribution in [3.05, 3.63) is 42.5 Å². The summed E-state index contributed by atoms with van der Waals surface area (Å²) >= 11 is 0. The molecule has 0 fully saturated rings. The number of hydrogen-bond donors (Lipinski definition) is 0. The van der Waals surface area contributed by atoms with Crippen LogP contribution in [0.15, 0.2) is 30.8 Å². The fraction of sp³-hybridized carbons (Fsp3) is 0. The molecule has 9 heavy (non-hydrogen) atoms. The molecule has 0 aliphatic carbocycles. The quantitative estimate of drug-likeness (QED) is 0.550. The van der Waals surface area contributed by atoms with Gasteiger partial charge in [0.05, 0.1) is 0 Å². The summed E-state index contributed by atoms with van der Waals surface area (Å²) in [5.41, 5.74) is 1.05. The van der Waals surface area contributed by atoms with Gasteiger partial charge in [-0.15, -0.1) is 43.0 Å². The standard InChI is InChI=1S/C8H7.Au/c1-2-8-6-4-3-5-7-8;/h2-6H,1H2;/q-1;+1. The van der Waals surface area contributed by atoms with E-state index in [1.54, 1.807) is 6.08 Å². The Labute approximate surface area is 71.1 Å². The predicted octanol–water partition coefficient (Wildman–Crippen LogP) is 2.13. The van der Waals surface area contributed by atoms with Gasteiger partial charge < -0.3 is 0 Å². The van der Waals surface area contributed by atoms with E-state index < -0.39 is 0 Å². The van der Waals surface area contributed by atoms with E-state index in [9.17, 15) is 0 Å². The minimum atomic E-state index is 0. The molecule has 0 spiro atoms. The maximum absolute atomic E-state index is 3.60. The molecule has 50 valence electrons. The molecular formula is C8H7Au. The maximum atomic E-state index is 3.60. The zero-order valence-electron chi connectivity index (χ0n) is 4.90. The normalized spacial score (nSPS) is 7.56. The molecule has 0 aromatic heterocycles. The zero-order valence-corrected chi connectivity index (χ0v) is 7.06. The van der Waals surface area contributed by atoms with E-state index in [4.69, 9.17) is 0 Å². The van der Waals surface area contributed by atoms with Crippen LogP contribution in [0.4, 0.5) is 0 Å². The third-order valence-corrected chi connectivity index (χ3v) is 0.953. The Morgan fingerprint density at radius 2 is 2.22 bits per heavy atom. The Morgan fingerprint density at radius 3 is 2.56 bits per heavy atom. The Hall–Kier alpha value is -0.300. The molecular weight excluding hydrogens is 293 g/mol. The average molecular weight is 300 g/mol. The molecule has 0 saturated heterocycles. The van der Waals surface area contributed by atoms with Gasteiger partial charge in [-0.1, -0.05) is 0 Å². The molecule has 0 radical (unpaired) electrons. The van der Waals surface area contributed by atoms with Crippen LogP contribution >= 0.6 is 0 Å². The SMILES string of the molecule is C=Cc1[c-]cccc1.[Au+]. The van der Waals surface area contributed by atoms with Crippen LogP contribution in [0.25, 0.3) is 6.08 Å². The molecule has 1 heteroatoms. The Kier molecular flexibility index (Phi) is 4.41. The van der Waals surface area contributed by atoms with Crippen LogP contribution in [-0.2, 0) is 22.4 Å². The second-order valence-electron chi connectivity index (χ2n) is 1.52. The van der Waals surface area contributed by atoms with Gasteiger partial charge in [0, 0.05) is 0 Å². The molecule has 0 aliphatic rings. The molecule has 0 unspecified atom stereocenters. The van der Waals surface area contributed by atoms with Gasteiger partial charge in [0.25, 0.3) is 0 Å². The smallest absolute Gasteiger partial charge is 0.151 e. The summed E-state index contributed by atoms with van der Waals surface area (Å²) in [6, 6.07) is 10.7. The van der Waals surface area contributed by atoms with Crippen molar-refractivity contribution < 1.29 is 22.4 Å². The van der Waals surface area contributed by atoms with Crippen molar-refractivity contribution in [1.82, 2.24) is 0 Å². The summed E-state index contributed by atoms with van der Waals surface area (Å²) in [6.45, 7) is 3.60. The van der Waals surface area contributed by atoms with E-state index in [0.29, 0.717) is 0 Å². The zero-order chi connectivity index (χ0) is 5.82. The molecule has 0 atom stereocenters. The van der Waals surface area contributed by atoms with Gasteiger partial charge in [-0.2, -0.15) is 5.56 Å². The van der Waals surface area contributed by atoms with E-state index >= 15 is 0 Å². The van der Waals surface area contributed by atoms with Gasteiger partial charge >= 0.3 is 22.4 Å². The van der Waals surface area contributed by atoms with Gasteiger partial charge in [-0.3, -0.25) is 0 Å². The van der Waals surface area contributed by atoms with Crippen LogP contribution in [0, 0.1) is 6.07 Å². The molecule has 0 N–H and O–H groups in total. The molecule has 0 nitrogen and oxygen atoms in total. The van der Waals surface area contributed by atoms with Crippen molar-refractivity contribution in [2.24, 2.45) is 0 Å². The van der Waals surface area contributed by atoms with Gasteiger partial charge in [0.1, 0.15) is 0 Å². The minimum Gasteiger partial charge on any atom is -0.151 e. The van der Waals surface area contributed by atoms with E-state index in [1.165, 1.54) is 0 Å². The molecule has 1 rings (SSSR count). The van der Waals surface area contributed by atoms with E-state index in [-0.39, 0.29) is 22.4 Å². The number of rotatable bonds is 1. The molecule has 0 heterocycles. The molecule has 0 bridgehead atoms. The van der Waals surface area contributed by atoms with Crippen LogP contribution in [0.3, 0.4) is 0 Å². The van der Waals surface area contributed by atoms with Crippen molar-refractivity contribution in [1.29, 1.82) is 0 Å². The summed E-state index contributed by atoms with van der Waals surface area (Å²) in [4.78, 5) is 0. The van der Waals surface area contributed by atoms with Crippen molar-refractivity contribution in [3.8, 4) is 0 Å². The Morgan fingerprint density at radius 1 is 1.44 bits per heavy atom. The third-order valence-electron chi connectivity index (χ3n) is 0.953. The average Bonchev–Trinajstić information content (AvgIpc) is 1.90. The third kappa shape index (κ3) is 2.66. The van der Waals surface area contributed by atoms with E-state index in [2.05, 4.69) is 12.6 Å². The molecule has 0 saturated carbocycles. The summed E-state index contributed by atoms with van der Waals surface area (Å²) in [7, 11) is 0. The maximum Gasteiger partial charge on any atom is 1.00 e. The second-order valence-corrected chi connectivity index (χ2v) is 1.52. The Balaban J connectivity index is 0.000000640. The minimum absolute atomic E-state index is 0. The van der Waals surface area contributed by atoms with Crippen molar-refractivity contribution >= 4 is 6.08 Å². The van der Waals surface area contributed by atoms with Crippen LogP contribution < -0.4 is 0 Å². The monoisotopic (exact) mass is 300 g/mol. The van der Waals surface area contributed by atoms with Crippen LogP contribution in [-0.4, -0.2) is 0 Å². The molecule has 0 aliphatic heterocycles. The first-order valence-electron chi connectivity index (χ1n) is 2.52. The Bertz CT molecular complexity index is 167. The van der Waals surface area contributed by atoms with Crippen molar-refractivity contribution in [2.75, 3.05) is 0 Å². The molecule has 1 aromatic carbocycles. The van der Waals surface area contributed by atoms with Crippen LogP contribution in [0.2, 0.25) is 0 Å². The molecule has 0 amide bonds. The van der Waals surface area contributed by atoms with Crippen LogP contribution in [0.1, 0.15) is 5.56 Å². The largest absolute Gasteiger partial charge is 1.00 e. The van der Waals surface area contributed by atoms with Gasteiger partial charge in [0.15, 0.2) is 0 Å². The molecule has 1 aromatic rings. The van der Waals surface area contributed by atoms with Gasteiger partial charge in [0.2, 0.25) is 0 Å². The second kappa shape index (κ2) is 4.57. The van der Waals surface area contributed by atoms with Crippen LogP contribution in [0.5, 0.6) is 0 Å². The van der Waals surface area contributed by atoms with Crippen molar-refractivity contribution in [3.63, 3.8) is 0 Å². The van der Waals surface area contributed by atoms with Gasteiger partial charge in [-0.05, 0) is 0 Å². The first-order chi connectivity index (χ1) is 3.93. The fourth-order valence-corrected chi connectivity index (χ4v) is 0.534. The van der Waals surface area contributed by atoms with Crippen molar-refractivity contribution in [2.45, 2.75) is 0 Å². The topological polar surface area (TPSA) is 0 Å². The predicted molar refractivity (Wildman–Crippen MR) is 35.4 cm³/mol. The summed E-state index contributed by atoms with van der Waals surface area (Å²) in [5, 5.41) is 0. The first-order valence-corrected chi connectivity index (χ1v) is 2.52. The first kappa shape index (κ1) is 8.70. The number of benzene rings is 1. The summed E-state index contributed by atoms with van der Waals surface area (Å²) in [6.07, 6.45) is 1.78. The van der Waals surface area contributed by atoms with Gasteiger partial charge in [-0.25, -0.2) is 0 Å². The summed E-state index contributed by atoms with van der Waals surface area (Å²) < 4.78 is 0. The number of hydrogen-bond acceptors (Lipinski definition) is 0. The van der Waals surface area contributed by atoms with E-state index in [1.807, 2.05) is 24.3 Å².